The van der Waals surface area contributed by atoms with Crippen molar-refractivity contribution >= 4 is 28.5 Å². The molecule has 2 aromatic carbocycles. The van der Waals surface area contributed by atoms with E-state index in [0.29, 0.717) is 27.7 Å². The molecule has 2 aromatic heterocycles. The number of nitrogens with zero attached hydrogens (tertiary/aromatic N) is 5. The van der Waals surface area contributed by atoms with Gasteiger partial charge in [0, 0.05) is 22.8 Å². The molecule has 0 spiro atoms. The Morgan fingerprint density at radius 3 is 2.40 bits per heavy atom. The van der Waals surface area contributed by atoms with Gasteiger partial charge in [-0.1, -0.05) is 61.9 Å². The standard InChI is InChI=1S/C28H28ClN5O/c1-3-32(4-2)18-20-10-12-21(13-11-20)26-31-27-25(30-19-33(27)23-8-6-5-7-9-23)28(35)34(26)24-16-14-22(29)15-17-24/h6,8-17,19H,3-5,7,18H2,1-2H3. The summed E-state index contributed by atoms with van der Waals surface area (Å²) in [6, 6.07) is 15.5. The van der Waals surface area contributed by atoms with E-state index in [2.05, 4.69) is 54.1 Å². The molecule has 35 heavy (non-hydrogen) atoms. The predicted molar refractivity (Wildman–Crippen MR) is 143 cm³/mol. The van der Waals surface area contributed by atoms with Gasteiger partial charge in [0.15, 0.2) is 11.2 Å². The summed E-state index contributed by atoms with van der Waals surface area (Å²) in [6.45, 7) is 7.22. The van der Waals surface area contributed by atoms with E-state index in [0.717, 1.165) is 43.7 Å². The molecule has 0 radical (unpaired) electrons. The summed E-state index contributed by atoms with van der Waals surface area (Å²) in [6.07, 6.45) is 9.98. The van der Waals surface area contributed by atoms with Crippen LogP contribution >= 0.6 is 11.6 Å². The average molecular weight is 486 g/mol. The Balaban J connectivity index is 1.68. The van der Waals surface area contributed by atoms with Crippen LogP contribution in [0, 0.1) is 0 Å². The van der Waals surface area contributed by atoms with Gasteiger partial charge in [0.1, 0.15) is 12.2 Å². The zero-order chi connectivity index (χ0) is 24.4. The number of aromatic nitrogens is 4. The van der Waals surface area contributed by atoms with Gasteiger partial charge in [-0.25, -0.2) is 9.97 Å². The number of hydrogen-bond acceptors (Lipinski definition) is 4. The van der Waals surface area contributed by atoms with Crippen LogP contribution in [-0.2, 0) is 6.54 Å². The van der Waals surface area contributed by atoms with Crippen LogP contribution in [0.5, 0.6) is 0 Å². The van der Waals surface area contributed by atoms with E-state index < -0.39 is 0 Å². The highest BCUT2D eigenvalue weighted by Crippen LogP contribution is 2.26. The SMILES string of the molecule is CCN(CC)Cc1ccc(-c2nc3c(ncn3C3=CCCC=C3)c(=O)n2-c2ccc(Cl)cc2)cc1. The van der Waals surface area contributed by atoms with Gasteiger partial charge in [0.05, 0.1) is 5.69 Å². The van der Waals surface area contributed by atoms with Crippen LogP contribution in [0.2, 0.25) is 5.02 Å². The first-order valence-corrected chi connectivity index (χ1v) is 12.4. The Labute approximate surface area is 209 Å². The molecule has 0 aliphatic heterocycles. The molecule has 0 saturated carbocycles. The average Bonchev–Trinajstić information content (AvgIpc) is 3.33. The van der Waals surface area contributed by atoms with Gasteiger partial charge in [-0.15, -0.1) is 0 Å². The summed E-state index contributed by atoms with van der Waals surface area (Å²) in [5.74, 6) is 0.571. The zero-order valence-corrected chi connectivity index (χ0v) is 20.7. The van der Waals surface area contributed by atoms with Gasteiger partial charge >= 0.3 is 0 Å². The minimum atomic E-state index is -0.210. The molecule has 4 aromatic rings. The largest absolute Gasteiger partial charge is 0.300 e. The molecule has 5 rings (SSSR count). The first-order chi connectivity index (χ1) is 17.1. The summed E-state index contributed by atoms with van der Waals surface area (Å²) in [7, 11) is 0. The Bertz CT molecular complexity index is 1460. The molecule has 0 unspecified atom stereocenters. The summed E-state index contributed by atoms with van der Waals surface area (Å²) >= 11 is 6.13. The maximum absolute atomic E-state index is 13.8. The number of fused-ring (bicyclic) bond motifs is 1. The fourth-order valence-corrected chi connectivity index (χ4v) is 4.53. The first kappa shape index (κ1) is 23.3. The fraction of sp³-hybridized carbons (Fsp3) is 0.250. The molecule has 1 aliphatic rings. The molecule has 0 saturated heterocycles. The van der Waals surface area contributed by atoms with Gasteiger partial charge in [-0.2, -0.15) is 0 Å². The number of imidazole rings is 1. The molecule has 0 bridgehead atoms. The van der Waals surface area contributed by atoms with Crippen LogP contribution in [0.3, 0.4) is 0 Å². The maximum atomic E-state index is 13.8. The van der Waals surface area contributed by atoms with E-state index in [1.54, 1.807) is 23.0 Å². The molecule has 0 N–H and O–H groups in total. The van der Waals surface area contributed by atoms with Gasteiger partial charge in [0.2, 0.25) is 0 Å². The van der Waals surface area contributed by atoms with Gasteiger partial charge in [0.25, 0.3) is 5.56 Å². The van der Waals surface area contributed by atoms with E-state index in [4.69, 9.17) is 16.6 Å². The third-order valence-electron chi connectivity index (χ3n) is 6.42. The van der Waals surface area contributed by atoms with E-state index in [1.807, 2.05) is 28.8 Å². The minimum Gasteiger partial charge on any atom is -0.300 e. The number of halogens is 1. The lowest BCUT2D eigenvalue weighted by atomic mass is 10.1. The predicted octanol–water partition coefficient (Wildman–Crippen LogP) is 5.94. The maximum Gasteiger partial charge on any atom is 0.286 e. The highest BCUT2D eigenvalue weighted by Gasteiger charge is 2.19. The van der Waals surface area contributed by atoms with Crippen LogP contribution in [0.15, 0.2) is 77.9 Å². The second-order valence-electron chi connectivity index (χ2n) is 8.61. The van der Waals surface area contributed by atoms with Gasteiger partial charge < -0.3 is 0 Å². The molecule has 2 heterocycles. The molecule has 0 amide bonds. The second kappa shape index (κ2) is 10.0. The van der Waals surface area contributed by atoms with Crippen molar-refractivity contribution in [1.29, 1.82) is 0 Å². The topological polar surface area (TPSA) is 56.0 Å². The Kier molecular flexibility index (Phi) is 6.66. The van der Waals surface area contributed by atoms with Crippen LogP contribution in [0.4, 0.5) is 0 Å². The van der Waals surface area contributed by atoms with Crippen molar-refractivity contribution in [2.75, 3.05) is 13.1 Å². The molecule has 178 valence electrons. The lowest BCUT2D eigenvalue weighted by Gasteiger charge is -2.18. The normalized spacial score (nSPS) is 13.5. The van der Waals surface area contributed by atoms with Crippen LogP contribution in [0.25, 0.3) is 33.9 Å². The molecular formula is C28H28ClN5O. The summed E-state index contributed by atoms with van der Waals surface area (Å²) < 4.78 is 3.53. The van der Waals surface area contributed by atoms with Crippen LogP contribution in [0.1, 0.15) is 32.3 Å². The first-order valence-electron chi connectivity index (χ1n) is 12.0. The highest BCUT2D eigenvalue weighted by molar-refractivity contribution is 6.30. The summed E-state index contributed by atoms with van der Waals surface area (Å²) in [5.41, 5.74) is 4.45. The van der Waals surface area contributed by atoms with Crippen molar-refractivity contribution in [3.63, 3.8) is 0 Å². The molecule has 0 atom stereocenters. The second-order valence-corrected chi connectivity index (χ2v) is 9.04. The highest BCUT2D eigenvalue weighted by atomic mass is 35.5. The van der Waals surface area contributed by atoms with E-state index in [9.17, 15) is 4.79 Å². The third kappa shape index (κ3) is 4.59. The van der Waals surface area contributed by atoms with E-state index in [-0.39, 0.29) is 5.56 Å². The van der Waals surface area contributed by atoms with Crippen molar-refractivity contribution in [3.05, 3.63) is 94.0 Å². The third-order valence-corrected chi connectivity index (χ3v) is 6.67. The van der Waals surface area contributed by atoms with Crippen molar-refractivity contribution in [3.8, 4) is 17.1 Å². The number of benzene rings is 2. The van der Waals surface area contributed by atoms with Crippen LogP contribution < -0.4 is 5.56 Å². The van der Waals surface area contributed by atoms with Crippen LogP contribution in [-0.4, -0.2) is 37.1 Å². The Hall–Kier alpha value is -3.48. The molecule has 1 aliphatic carbocycles. The number of rotatable bonds is 7. The quantitative estimate of drug-likeness (QED) is 0.325. The van der Waals surface area contributed by atoms with Gasteiger partial charge in [-0.3, -0.25) is 18.8 Å². The molecule has 7 heteroatoms. The summed E-state index contributed by atoms with van der Waals surface area (Å²) in [4.78, 5) is 25.6. The Morgan fingerprint density at radius 1 is 1.00 bits per heavy atom. The van der Waals surface area contributed by atoms with Crippen molar-refractivity contribution in [2.45, 2.75) is 33.2 Å². The lowest BCUT2D eigenvalue weighted by Crippen LogP contribution is -2.23. The van der Waals surface area contributed by atoms with Gasteiger partial charge in [-0.05, 0) is 61.8 Å². The van der Waals surface area contributed by atoms with Crippen molar-refractivity contribution < 1.29 is 0 Å². The monoisotopic (exact) mass is 485 g/mol. The van der Waals surface area contributed by atoms with Crippen molar-refractivity contribution in [2.24, 2.45) is 0 Å². The minimum absolute atomic E-state index is 0.210. The summed E-state index contributed by atoms with van der Waals surface area (Å²) in [5, 5.41) is 0.610. The Morgan fingerprint density at radius 2 is 1.74 bits per heavy atom. The lowest BCUT2D eigenvalue weighted by molar-refractivity contribution is 0.296. The van der Waals surface area contributed by atoms with E-state index in [1.165, 1.54) is 5.56 Å². The number of allylic oxidation sites excluding steroid dienone is 4. The zero-order valence-electron chi connectivity index (χ0n) is 20.0. The molecule has 0 fully saturated rings. The number of hydrogen-bond donors (Lipinski definition) is 0. The molecular weight excluding hydrogens is 458 g/mol. The van der Waals surface area contributed by atoms with Crippen molar-refractivity contribution in [1.82, 2.24) is 24.0 Å². The smallest absolute Gasteiger partial charge is 0.286 e. The fourth-order valence-electron chi connectivity index (χ4n) is 4.41. The van der Waals surface area contributed by atoms with E-state index >= 15 is 0 Å². The molecule has 6 nitrogen and oxygen atoms in total.